The predicted molar refractivity (Wildman–Crippen MR) is 55.4 cm³/mol. The third kappa shape index (κ3) is 1.05. The van der Waals surface area contributed by atoms with Gasteiger partial charge in [-0.3, -0.25) is 9.59 Å². The SMILES string of the molecule is Cn1cc(O)c2c1C(=O)C=C(N1CC1)C2=O. The highest BCUT2D eigenvalue weighted by atomic mass is 16.3. The van der Waals surface area contributed by atoms with E-state index in [0.29, 0.717) is 5.70 Å². The van der Waals surface area contributed by atoms with E-state index in [1.807, 2.05) is 4.90 Å². The molecule has 0 radical (unpaired) electrons. The second-order valence-electron chi connectivity index (χ2n) is 4.06. The quantitative estimate of drug-likeness (QED) is 0.689. The van der Waals surface area contributed by atoms with Gasteiger partial charge < -0.3 is 14.6 Å². The number of aromatic hydroxyl groups is 1. The number of nitrogens with zero attached hydrogens (tertiary/aromatic N) is 2. The van der Waals surface area contributed by atoms with Gasteiger partial charge in [-0.15, -0.1) is 0 Å². The summed E-state index contributed by atoms with van der Waals surface area (Å²) in [6.07, 6.45) is 2.75. The van der Waals surface area contributed by atoms with Gasteiger partial charge in [-0.05, 0) is 0 Å². The Morgan fingerprint density at radius 1 is 1.31 bits per heavy atom. The number of rotatable bonds is 1. The van der Waals surface area contributed by atoms with Crippen LogP contribution in [-0.2, 0) is 7.05 Å². The average molecular weight is 218 g/mol. The summed E-state index contributed by atoms with van der Waals surface area (Å²) in [4.78, 5) is 25.7. The Bertz CT molecular complexity index is 550. The van der Waals surface area contributed by atoms with Gasteiger partial charge in [0.1, 0.15) is 11.4 Å². The number of ketones is 2. The maximum absolute atomic E-state index is 12.0. The zero-order valence-electron chi connectivity index (χ0n) is 8.73. The Hall–Kier alpha value is -2.04. The number of hydrogen-bond acceptors (Lipinski definition) is 4. The molecule has 1 N–H and O–H groups in total. The molecule has 3 rings (SSSR count). The smallest absolute Gasteiger partial charge is 0.215 e. The molecule has 1 aliphatic carbocycles. The zero-order chi connectivity index (χ0) is 11.4. The van der Waals surface area contributed by atoms with E-state index in [1.165, 1.54) is 16.8 Å². The maximum Gasteiger partial charge on any atom is 0.215 e. The summed E-state index contributed by atoms with van der Waals surface area (Å²) in [6, 6.07) is 0. The van der Waals surface area contributed by atoms with Crippen LogP contribution in [0, 0.1) is 0 Å². The van der Waals surface area contributed by atoms with Crippen LogP contribution in [0.1, 0.15) is 20.8 Å². The summed E-state index contributed by atoms with van der Waals surface area (Å²) in [5.41, 5.74) is 0.809. The first-order valence-electron chi connectivity index (χ1n) is 5.03. The molecule has 1 fully saturated rings. The molecule has 5 nitrogen and oxygen atoms in total. The van der Waals surface area contributed by atoms with Crippen LogP contribution in [0.4, 0.5) is 0 Å². The third-order valence-electron chi connectivity index (χ3n) is 2.91. The van der Waals surface area contributed by atoms with E-state index in [-0.39, 0.29) is 28.6 Å². The fourth-order valence-electron chi connectivity index (χ4n) is 2.04. The Morgan fingerprint density at radius 2 is 2.00 bits per heavy atom. The van der Waals surface area contributed by atoms with Crippen LogP contribution in [0.25, 0.3) is 0 Å². The second kappa shape index (κ2) is 2.75. The highest BCUT2D eigenvalue weighted by Gasteiger charge is 2.36. The molecular formula is C11H10N2O3. The minimum absolute atomic E-state index is 0.122. The van der Waals surface area contributed by atoms with Gasteiger partial charge in [0.2, 0.25) is 11.6 Å². The first kappa shape index (κ1) is 9.21. The molecule has 2 heterocycles. The van der Waals surface area contributed by atoms with Gasteiger partial charge in [0.05, 0.1) is 11.3 Å². The largest absolute Gasteiger partial charge is 0.506 e. The molecule has 2 aliphatic rings. The lowest BCUT2D eigenvalue weighted by atomic mass is 9.98. The van der Waals surface area contributed by atoms with Gasteiger partial charge in [-0.25, -0.2) is 0 Å². The molecule has 0 bridgehead atoms. The molecular weight excluding hydrogens is 208 g/mol. The van der Waals surface area contributed by atoms with E-state index < -0.39 is 0 Å². The standard InChI is InChI=1S/C11H10N2O3/c1-12-5-8(15)9-10(12)7(14)4-6(11(9)16)13-2-3-13/h4-5,15H,2-3H2,1H3. The van der Waals surface area contributed by atoms with Crippen molar-refractivity contribution in [1.82, 2.24) is 9.47 Å². The van der Waals surface area contributed by atoms with Crippen molar-refractivity contribution >= 4 is 11.6 Å². The van der Waals surface area contributed by atoms with E-state index in [0.717, 1.165) is 13.1 Å². The topological polar surface area (TPSA) is 62.3 Å². The van der Waals surface area contributed by atoms with Crippen molar-refractivity contribution in [3.63, 3.8) is 0 Å². The number of allylic oxidation sites excluding steroid dienone is 2. The summed E-state index contributed by atoms with van der Waals surface area (Å²) in [7, 11) is 1.64. The highest BCUT2D eigenvalue weighted by Crippen LogP contribution is 2.32. The molecule has 1 saturated heterocycles. The predicted octanol–water partition coefficient (Wildman–Crippen LogP) is 0.309. The van der Waals surface area contributed by atoms with Crippen LogP contribution in [0.15, 0.2) is 18.0 Å². The fraction of sp³-hybridized carbons (Fsp3) is 0.273. The summed E-state index contributed by atoms with van der Waals surface area (Å²) in [5.74, 6) is -0.604. The Kier molecular flexibility index (Phi) is 1.58. The Morgan fingerprint density at radius 3 is 2.62 bits per heavy atom. The summed E-state index contributed by atoms with van der Waals surface area (Å²) >= 11 is 0. The first-order chi connectivity index (χ1) is 7.59. The van der Waals surface area contributed by atoms with Crippen LogP contribution >= 0.6 is 0 Å². The molecule has 5 heteroatoms. The lowest BCUT2D eigenvalue weighted by Gasteiger charge is -2.13. The van der Waals surface area contributed by atoms with E-state index in [4.69, 9.17) is 0 Å². The van der Waals surface area contributed by atoms with Crippen molar-refractivity contribution in [2.75, 3.05) is 13.1 Å². The van der Waals surface area contributed by atoms with Gasteiger partial charge in [0, 0.05) is 32.4 Å². The number of aryl methyl sites for hydroxylation is 1. The van der Waals surface area contributed by atoms with E-state index >= 15 is 0 Å². The van der Waals surface area contributed by atoms with Gasteiger partial charge in [0.15, 0.2) is 0 Å². The Labute approximate surface area is 91.6 Å². The molecule has 16 heavy (non-hydrogen) atoms. The van der Waals surface area contributed by atoms with Crippen LogP contribution in [0.3, 0.4) is 0 Å². The molecule has 0 saturated carbocycles. The number of fused-ring (bicyclic) bond motifs is 1. The van der Waals surface area contributed by atoms with E-state index in [2.05, 4.69) is 0 Å². The van der Waals surface area contributed by atoms with Crippen molar-refractivity contribution in [1.29, 1.82) is 0 Å². The first-order valence-corrected chi connectivity index (χ1v) is 5.03. The highest BCUT2D eigenvalue weighted by molar-refractivity contribution is 6.25. The van der Waals surface area contributed by atoms with Gasteiger partial charge >= 0.3 is 0 Å². The van der Waals surface area contributed by atoms with Crippen LogP contribution in [0.2, 0.25) is 0 Å². The number of Topliss-reactive ketones (excluding diaryl/α,β-unsaturated/α-hetero) is 1. The second-order valence-corrected chi connectivity index (χ2v) is 4.06. The lowest BCUT2D eigenvalue weighted by molar-refractivity contribution is 0.0964. The molecule has 0 atom stereocenters. The van der Waals surface area contributed by atoms with Crippen molar-refractivity contribution in [2.45, 2.75) is 0 Å². The van der Waals surface area contributed by atoms with Crippen LogP contribution in [0.5, 0.6) is 5.75 Å². The average Bonchev–Trinajstić information content (AvgIpc) is 2.99. The summed E-state index contributed by atoms with van der Waals surface area (Å²) in [6.45, 7) is 1.60. The Balaban J connectivity index is 2.20. The van der Waals surface area contributed by atoms with Crippen molar-refractivity contribution < 1.29 is 14.7 Å². The minimum Gasteiger partial charge on any atom is -0.506 e. The third-order valence-corrected chi connectivity index (χ3v) is 2.91. The van der Waals surface area contributed by atoms with E-state index in [9.17, 15) is 14.7 Å². The number of carbonyl (C=O) groups is 2. The van der Waals surface area contributed by atoms with Crippen LogP contribution in [-0.4, -0.2) is 39.2 Å². The summed E-state index contributed by atoms with van der Waals surface area (Å²) < 4.78 is 1.49. The zero-order valence-corrected chi connectivity index (χ0v) is 8.73. The molecule has 0 spiro atoms. The normalized spacial score (nSPS) is 18.6. The molecule has 1 aliphatic heterocycles. The van der Waals surface area contributed by atoms with Crippen LogP contribution < -0.4 is 0 Å². The number of aromatic nitrogens is 1. The van der Waals surface area contributed by atoms with Crippen molar-refractivity contribution in [3.05, 3.63) is 29.2 Å². The van der Waals surface area contributed by atoms with Crippen molar-refractivity contribution in [2.24, 2.45) is 7.05 Å². The minimum atomic E-state index is -0.259. The maximum atomic E-state index is 12.0. The van der Waals surface area contributed by atoms with Gasteiger partial charge in [-0.1, -0.05) is 0 Å². The molecule has 0 amide bonds. The monoisotopic (exact) mass is 218 g/mol. The van der Waals surface area contributed by atoms with E-state index in [1.54, 1.807) is 7.05 Å². The van der Waals surface area contributed by atoms with Gasteiger partial charge in [0.25, 0.3) is 0 Å². The molecule has 0 aromatic carbocycles. The lowest BCUT2D eigenvalue weighted by Crippen LogP contribution is -2.22. The summed E-state index contributed by atoms with van der Waals surface area (Å²) in [5, 5.41) is 9.65. The molecule has 1 aromatic rings. The molecule has 0 unspecified atom stereocenters. The fourth-order valence-corrected chi connectivity index (χ4v) is 2.04. The molecule has 1 aromatic heterocycles. The van der Waals surface area contributed by atoms with Crippen molar-refractivity contribution in [3.8, 4) is 5.75 Å². The van der Waals surface area contributed by atoms with Gasteiger partial charge in [-0.2, -0.15) is 0 Å². The number of carbonyl (C=O) groups excluding carboxylic acids is 2. The molecule has 82 valence electrons. The number of hydrogen-bond donors (Lipinski definition) is 1.